The van der Waals surface area contributed by atoms with Crippen LogP contribution in [0.3, 0.4) is 0 Å². The number of thiophene rings is 1. The second kappa shape index (κ2) is 7.80. The quantitative estimate of drug-likeness (QED) is 0.736. The van der Waals surface area contributed by atoms with E-state index in [1.54, 1.807) is 23.7 Å². The molecule has 114 valence electrons. The molecule has 0 aliphatic carbocycles. The first kappa shape index (κ1) is 15.5. The van der Waals surface area contributed by atoms with Crippen molar-refractivity contribution in [2.75, 3.05) is 25.0 Å². The lowest BCUT2D eigenvalue weighted by Crippen LogP contribution is -2.39. The standard InChI is InChI=1S/C14H21N5OS/c1-3-19(4-2)13(11-5-6-21-10-11)9-15-14(20)18-12-7-16-17-8-12/h5-8,10,13H,3-4,9H2,1-2H3,(H,16,17)(H2,15,18,20). The summed E-state index contributed by atoms with van der Waals surface area (Å²) in [5.74, 6) is 0. The van der Waals surface area contributed by atoms with E-state index in [2.05, 4.69) is 56.4 Å². The van der Waals surface area contributed by atoms with E-state index in [4.69, 9.17) is 0 Å². The Morgan fingerprint density at radius 3 is 2.86 bits per heavy atom. The van der Waals surface area contributed by atoms with Gasteiger partial charge in [-0.2, -0.15) is 16.4 Å². The lowest BCUT2D eigenvalue weighted by molar-refractivity contribution is 0.210. The number of carbonyl (C=O) groups is 1. The lowest BCUT2D eigenvalue weighted by atomic mass is 10.1. The maximum absolute atomic E-state index is 11.9. The summed E-state index contributed by atoms with van der Waals surface area (Å²) in [4.78, 5) is 14.2. The largest absolute Gasteiger partial charge is 0.336 e. The van der Waals surface area contributed by atoms with Crippen molar-refractivity contribution < 1.29 is 4.79 Å². The van der Waals surface area contributed by atoms with E-state index < -0.39 is 0 Å². The molecule has 0 fully saturated rings. The van der Waals surface area contributed by atoms with Crippen LogP contribution in [-0.4, -0.2) is 40.8 Å². The summed E-state index contributed by atoms with van der Waals surface area (Å²) >= 11 is 1.68. The number of rotatable bonds is 7. The monoisotopic (exact) mass is 307 g/mol. The van der Waals surface area contributed by atoms with Crippen LogP contribution in [0.1, 0.15) is 25.5 Å². The molecule has 1 atom stereocenters. The zero-order valence-electron chi connectivity index (χ0n) is 12.3. The minimum absolute atomic E-state index is 0.196. The molecule has 2 heterocycles. The second-order valence-electron chi connectivity index (χ2n) is 4.62. The van der Waals surface area contributed by atoms with Crippen LogP contribution in [-0.2, 0) is 0 Å². The number of amides is 2. The van der Waals surface area contributed by atoms with Crippen LogP contribution < -0.4 is 10.6 Å². The third-order valence-corrected chi connectivity index (χ3v) is 4.09. The molecule has 0 saturated heterocycles. The van der Waals surface area contributed by atoms with Crippen molar-refractivity contribution >= 4 is 23.1 Å². The zero-order valence-corrected chi connectivity index (χ0v) is 13.1. The van der Waals surface area contributed by atoms with Crippen molar-refractivity contribution in [3.05, 3.63) is 34.8 Å². The van der Waals surface area contributed by atoms with E-state index in [1.807, 2.05) is 0 Å². The van der Waals surface area contributed by atoms with Gasteiger partial charge in [-0.1, -0.05) is 13.8 Å². The molecule has 2 aromatic heterocycles. The number of nitrogens with zero attached hydrogens (tertiary/aromatic N) is 2. The van der Waals surface area contributed by atoms with E-state index in [0.717, 1.165) is 13.1 Å². The molecular formula is C14H21N5OS. The Labute approximate surface area is 128 Å². The first-order chi connectivity index (χ1) is 10.2. The first-order valence-electron chi connectivity index (χ1n) is 7.04. The van der Waals surface area contributed by atoms with Gasteiger partial charge in [0.1, 0.15) is 0 Å². The van der Waals surface area contributed by atoms with Gasteiger partial charge in [-0.15, -0.1) is 0 Å². The van der Waals surface area contributed by atoms with Crippen LogP contribution in [0.5, 0.6) is 0 Å². The highest BCUT2D eigenvalue weighted by atomic mass is 32.1. The Bertz CT molecular complexity index is 522. The molecule has 0 radical (unpaired) electrons. The van der Waals surface area contributed by atoms with Crippen molar-refractivity contribution in [3.63, 3.8) is 0 Å². The Morgan fingerprint density at radius 2 is 2.29 bits per heavy atom. The van der Waals surface area contributed by atoms with Crippen LogP contribution in [0.15, 0.2) is 29.2 Å². The number of urea groups is 1. The predicted octanol–water partition coefficient (Wildman–Crippen LogP) is 2.68. The van der Waals surface area contributed by atoms with Crippen LogP contribution in [0.2, 0.25) is 0 Å². The van der Waals surface area contributed by atoms with Crippen LogP contribution >= 0.6 is 11.3 Å². The number of carbonyl (C=O) groups excluding carboxylic acids is 1. The average Bonchev–Trinajstić information content (AvgIpc) is 3.16. The number of aromatic nitrogens is 2. The van der Waals surface area contributed by atoms with E-state index >= 15 is 0 Å². The van der Waals surface area contributed by atoms with Gasteiger partial charge in [0.2, 0.25) is 0 Å². The predicted molar refractivity (Wildman–Crippen MR) is 85.6 cm³/mol. The van der Waals surface area contributed by atoms with Gasteiger partial charge < -0.3 is 10.6 Å². The third kappa shape index (κ3) is 4.30. The maximum atomic E-state index is 11.9. The molecule has 0 spiro atoms. The summed E-state index contributed by atoms with van der Waals surface area (Å²) < 4.78 is 0. The summed E-state index contributed by atoms with van der Waals surface area (Å²) in [5.41, 5.74) is 1.90. The highest BCUT2D eigenvalue weighted by molar-refractivity contribution is 7.07. The van der Waals surface area contributed by atoms with Gasteiger partial charge in [0.25, 0.3) is 0 Å². The van der Waals surface area contributed by atoms with Crippen LogP contribution in [0.4, 0.5) is 10.5 Å². The van der Waals surface area contributed by atoms with Crippen LogP contribution in [0.25, 0.3) is 0 Å². The van der Waals surface area contributed by atoms with Crippen molar-refractivity contribution in [2.45, 2.75) is 19.9 Å². The molecule has 0 aromatic carbocycles. The Morgan fingerprint density at radius 1 is 1.48 bits per heavy atom. The second-order valence-corrected chi connectivity index (χ2v) is 5.40. The molecule has 2 amide bonds. The SMILES string of the molecule is CCN(CC)C(CNC(=O)Nc1cn[nH]c1)c1ccsc1. The summed E-state index contributed by atoms with van der Waals surface area (Å²) in [6.07, 6.45) is 3.21. The summed E-state index contributed by atoms with van der Waals surface area (Å²) in [6.45, 7) is 6.73. The zero-order chi connectivity index (χ0) is 15.1. The molecule has 0 aliphatic heterocycles. The number of likely N-dealkylation sites (N-methyl/N-ethyl adjacent to an activating group) is 1. The van der Waals surface area contributed by atoms with Gasteiger partial charge in [0.05, 0.1) is 17.9 Å². The number of hydrogen-bond donors (Lipinski definition) is 3. The summed E-state index contributed by atoms with van der Waals surface area (Å²) in [5, 5.41) is 16.3. The average molecular weight is 307 g/mol. The van der Waals surface area contributed by atoms with Gasteiger partial charge >= 0.3 is 6.03 Å². The minimum atomic E-state index is -0.219. The fraction of sp³-hybridized carbons (Fsp3) is 0.429. The highest BCUT2D eigenvalue weighted by Gasteiger charge is 2.19. The van der Waals surface area contributed by atoms with E-state index in [0.29, 0.717) is 12.2 Å². The Hall–Kier alpha value is -1.86. The fourth-order valence-electron chi connectivity index (χ4n) is 2.27. The van der Waals surface area contributed by atoms with Crippen LogP contribution in [0, 0.1) is 0 Å². The summed E-state index contributed by atoms with van der Waals surface area (Å²) in [7, 11) is 0. The molecule has 7 heteroatoms. The normalized spacial score (nSPS) is 12.3. The highest BCUT2D eigenvalue weighted by Crippen LogP contribution is 2.22. The Kier molecular flexibility index (Phi) is 5.77. The molecular weight excluding hydrogens is 286 g/mol. The van der Waals surface area contributed by atoms with Gasteiger partial charge in [-0.3, -0.25) is 10.00 Å². The lowest BCUT2D eigenvalue weighted by Gasteiger charge is -2.29. The topological polar surface area (TPSA) is 73.1 Å². The number of nitrogens with one attached hydrogen (secondary N) is 3. The molecule has 2 rings (SSSR count). The van der Waals surface area contributed by atoms with E-state index in [9.17, 15) is 4.79 Å². The van der Waals surface area contributed by atoms with Gasteiger partial charge in [0.15, 0.2) is 0 Å². The van der Waals surface area contributed by atoms with Crippen molar-refractivity contribution in [1.29, 1.82) is 0 Å². The molecule has 21 heavy (non-hydrogen) atoms. The molecule has 1 unspecified atom stereocenters. The Balaban J connectivity index is 1.94. The molecule has 0 bridgehead atoms. The molecule has 6 nitrogen and oxygen atoms in total. The van der Waals surface area contributed by atoms with Crippen molar-refractivity contribution in [1.82, 2.24) is 20.4 Å². The maximum Gasteiger partial charge on any atom is 0.319 e. The van der Waals surface area contributed by atoms with Gasteiger partial charge in [0, 0.05) is 12.7 Å². The molecule has 0 saturated carbocycles. The first-order valence-corrected chi connectivity index (χ1v) is 7.98. The number of anilines is 1. The van der Waals surface area contributed by atoms with E-state index in [1.165, 1.54) is 5.56 Å². The minimum Gasteiger partial charge on any atom is -0.336 e. The van der Waals surface area contributed by atoms with Gasteiger partial charge in [-0.25, -0.2) is 4.79 Å². The smallest absolute Gasteiger partial charge is 0.319 e. The third-order valence-electron chi connectivity index (χ3n) is 3.39. The van der Waals surface area contributed by atoms with Crippen molar-refractivity contribution in [3.8, 4) is 0 Å². The number of hydrogen-bond acceptors (Lipinski definition) is 4. The van der Waals surface area contributed by atoms with E-state index in [-0.39, 0.29) is 12.1 Å². The fourth-order valence-corrected chi connectivity index (χ4v) is 2.98. The number of aromatic amines is 1. The summed E-state index contributed by atoms with van der Waals surface area (Å²) in [6, 6.07) is 2.09. The molecule has 0 aliphatic rings. The molecule has 2 aromatic rings. The molecule has 3 N–H and O–H groups in total. The number of H-pyrrole nitrogens is 1. The van der Waals surface area contributed by atoms with Gasteiger partial charge in [-0.05, 0) is 35.5 Å². The van der Waals surface area contributed by atoms with Crippen molar-refractivity contribution in [2.24, 2.45) is 0 Å².